The third-order valence-electron chi connectivity index (χ3n) is 3.00. The lowest BCUT2D eigenvalue weighted by molar-refractivity contribution is -0.138. The van der Waals surface area contributed by atoms with E-state index in [1.54, 1.807) is 0 Å². The molecule has 1 aromatic rings. The standard InChI is InChI=1S/C14H19BrO2/c1-9(2)11-6-5-10(7-12(11)15)14(3,4)8-13(16)17/h5-7,9H,8H2,1-4H3,(H,16,17). The van der Waals surface area contributed by atoms with Crippen LogP contribution in [0.4, 0.5) is 0 Å². The summed E-state index contributed by atoms with van der Waals surface area (Å²) < 4.78 is 1.06. The monoisotopic (exact) mass is 298 g/mol. The van der Waals surface area contributed by atoms with E-state index in [4.69, 9.17) is 5.11 Å². The van der Waals surface area contributed by atoms with E-state index in [1.165, 1.54) is 5.56 Å². The van der Waals surface area contributed by atoms with E-state index < -0.39 is 5.97 Å². The van der Waals surface area contributed by atoms with Crippen LogP contribution >= 0.6 is 15.9 Å². The fraction of sp³-hybridized carbons (Fsp3) is 0.500. The van der Waals surface area contributed by atoms with Gasteiger partial charge in [-0.1, -0.05) is 55.8 Å². The Morgan fingerprint density at radius 3 is 2.41 bits per heavy atom. The van der Waals surface area contributed by atoms with Gasteiger partial charge < -0.3 is 5.11 Å². The van der Waals surface area contributed by atoms with Crippen molar-refractivity contribution in [2.75, 3.05) is 0 Å². The van der Waals surface area contributed by atoms with Crippen molar-refractivity contribution < 1.29 is 9.90 Å². The fourth-order valence-electron chi connectivity index (χ4n) is 1.90. The summed E-state index contributed by atoms with van der Waals surface area (Å²) in [4.78, 5) is 10.8. The molecule has 0 unspecified atom stereocenters. The average molecular weight is 299 g/mol. The summed E-state index contributed by atoms with van der Waals surface area (Å²) in [7, 11) is 0. The second kappa shape index (κ2) is 5.21. The second-order valence-electron chi connectivity index (χ2n) is 5.35. The highest BCUT2D eigenvalue weighted by Crippen LogP contribution is 2.32. The van der Waals surface area contributed by atoms with E-state index >= 15 is 0 Å². The quantitative estimate of drug-likeness (QED) is 0.898. The number of carboxylic acids is 1. The van der Waals surface area contributed by atoms with Crippen LogP contribution in [-0.4, -0.2) is 11.1 Å². The Morgan fingerprint density at radius 1 is 1.41 bits per heavy atom. The normalized spacial score (nSPS) is 11.9. The van der Waals surface area contributed by atoms with E-state index in [0.717, 1.165) is 10.0 Å². The van der Waals surface area contributed by atoms with Gasteiger partial charge in [0.05, 0.1) is 6.42 Å². The van der Waals surface area contributed by atoms with Crippen molar-refractivity contribution in [3.63, 3.8) is 0 Å². The van der Waals surface area contributed by atoms with Crippen LogP contribution < -0.4 is 0 Å². The summed E-state index contributed by atoms with van der Waals surface area (Å²) in [5.41, 5.74) is 1.96. The molecule has 0 spiro atoms. The molecule has 2 nitrogen and oxygen atoms in total. The van der Waals surface area contributed by atoms with Crippen LogP contribution in [0.2, 0.25) is 0 Å². The van der Waals surface area contributed by atoms with Gasteiger partial charge in [0.2, 0.25) is 0 Å². The summed E-state index contributed by atoms with van der Waals surface area (Å²) in [5, 5.41) is 8.91. The molecule has 0 aliphatic heterocycles. The van der Waals surface area contributed by atoms with Gasteiger partial charge in [-0.05, 0) is 23.1 Å². The second-order valence-corrected chi connectivity index (χ2v) is 6.20. The summed E-state index contributed by atoms with van der Waals surface area (Å²) in [6, 6.07) is 6.15. The smallest absolute Gasteiger partial charge is 0.304 e. The number of halogens is 1. The van der Waals surface area contributed by atoms with Crippen LogP contribution in [-0.2, 0) is 10.2 Å². The molecule has 0 amide bonds. The molecular formula is C14H19BrO2. The maximum absolute atomic E-state index is 10.8. The first-order valence-electron chi connectivity index (χ1n) is 5.76. The van der Waals surface area contributed by atoms with Crippen LogP contribution in [0.1, 0.15) is 51.2 Å². The molecule has 1 N–H and O–H groups in total. The van der Waals surface area contributed by atoms with Crippen LogP contribution in [0.3, 0.4) is 0 Å². The SMILES string of the molecule is CC(C)c1ccc(C(C)(C)CC(=O)O)cc1Br. The summed E-state index contributed by atoms with van der Waals surface area (Å²) in [6.45, 7) is 8.19. The predicted octanol–water partition coefficient (Wildman–Crippen LogP) is 4.32. The lowest BCUT2D eigenvalue weighted by Crippen LogP contribution is -2.21. The zero-order valence-electron chi connectivity index (χ0n) is 10.7. The zero-order chi connectivity index (χ0) is 13.2. The molecule has 0 bridgehead atoms. The molecule has 0 aliphatic rings. The molecule has 17 heavy (non-hydrogen) atoms. The van der Waals surface area contributed by atoms with Crippen LogP contribution in [0.5, 0.6) is 0 Å². The van der Waals surface area contributed by atoms with Gasteiger partial charge in [0.15, 0.2) is 0 Å². The van der Waals surface area contributed by atoms with Gasteiger partial charge in [-0.3, -0.25) is 4.79 Å². The van der Waals surface area contributed by atoms with Crippen molar-refractivity contribution in [1.29, 1.82) is 0 Å². The minimum atomic E-state index is -0.765. The molecule has 0 radical (unpaired) electrons. The van der Waals surface area contributed by atoms with Crippen LogP contribution in [0, 0.1) is 0 Å². The topological polar surface area (TPSA) is 37.3 Å². The number of carboxylic acid groups (broad SMARTS) is 1. The minimum Gasteiger partial charge on any atom is -0.481 e. The third kappa shape index (κ3) is 3.56. The predicted molar refractivity (Wildman–Crippen MR) is 73.5 cm³/mol. The van der Waals surface area contributed by atoms with Crippen molar-refractivity contribution in [3.8, 4) is 0 Å². The van der Waals surface area contributed by atoms with Crippen molar-refractivity contribution in [1.82, 2.24) is 0 Å². The van der Waals surface area contributed by atoms with Crippen molar-refractivity contribution in [3.05, 3.63) is 33.8 Å². The fourth-order valence-corrected chi connectivity index (χ4v) is 2.73. The van der Waals surface area contributed by atoms with Gasteiger partial charge >= 0.3 is 5.97 Å². The average Bonchev–Trinajstić information content (AvgIpc) is 2.14. The van der Waals surface area contributed by atoms with Gasteiger partial charge in [-0.25, -0.2) is 0 Å². The number of rotatable bonds is 4. The van der Waals surface area contributed by atoms with Gasteiger partial charge in [0.25, 0.3) is 0 Å². The van der Waals surface area contributed by atoms with Crippen molar-refractivity contribution >= 4 is 21.9 Å². The molecule has 0 aromatic heterocycles. The Hall–Kier alpha value is -0.830. The number of benzene rings is 1. The van der Waals surface area contributed by atoms with Crippen molar-refractivity contribution in [2.45, 2.75) is 45.4 Å². The van der Waals surface area contributed by atoms with Crippen LogP contribution in [0.15, 0.2) is 22.7 Å². The largest absolute Gasteiger partial charge is 0.481 e. The highest BCUT2D eigenvalue weighted by atomic mass is 79.9. The Labute approximate surface area is 111 Å². The number of hydrogen-bond donors (Lipinski definition) is 1. The van der Waals surface area contributed by atoms with Crippen molar-refractivity contribution in [2.24, 2.45) is 0 Å². The van der Waals surface area contributed by atoms with E-state index in [9.17, 15) is 4.79 Å². The maximum Gasteiger partial charge on any atom is 0.304 e. The number of aliphatic carboxylic acids is 1. The molecule has 0 aliphatic carbocycles. The molecule has 0 heterocycles. The molecule has 3 heteroatoms. The summed E-state index contributed by atoms with van der Waals surface area (Å²) in [6.07, 6.45) is 0.139. The van der Waals surface area contributed by atoms with E-state index in [2.05, 4.69) is 35.8 Å². The Kier molecular flexibility index (Phi) is 4.36. The first kappa shape index (κ1) is 14.2. The van der Waals surface area contributed by atoms with Gasteiger partial charge in [-0.2, -0.15) is 0 Å². The zero-order valence-corrected chi connectivity index (χ0v) is 12.3. The molecule has 0 fully saturated rings. The third-order valence-corrected chi connectivity index (χ3v) is 3.68. The molecule has 94 valence electrons. The molecular weight excluding hydrogens is 280 g/mol. The number of carbonyl (C=O) groups is 1. The Morgan fingerprint density at radius 2 is 2.00 bits per heavy atom. The number of hydrogen-bond acceptors (Lipinski definition) is 1. The van der Waals surface area contributed by atoms with Gasteiger partial charge in [0.1, 0.15) is 0 Å². The molecule has 1 rings (SSSR count). The van der Waals surface area contributed by atoms with E-state index in [0.29, 0.717) is 5.92 Å². The van der Waals surface area contributed by atoms with Gasteiger partial charge in [-0.15, -0.1) is 0 Å². The lowest BCUT2D eigenvalue weighted by Gasteiger charge is -2.24. The highest BCUT2D eigenvalue weighted by molar-refractivity contribution is 9.10. The van der Waals surface area contributed by atoms with E-state index in [-0.39, 0.29) is 11.8 Å². The first-order chi connectivity index (χ1) is 7.74. The van der Waals surface area contributed by atoms with E-state index in [1.807, 2.05) is 26.0 Å². The maximum atomic E-state index is 10.8. The molecule has 0 saturated heterocycles. The Balaban J connectivity index is 3.08. The lowest BCUT2D eigenvalue weighted by atomic mass is 9.81. The highest BCUT2D eigenvalue weighted by Gasteiger charge is 2.24. The molecule has 0 saturated carbocycles. The van der Waals surface area contributed by atoms with Crippen LogP contribution in [0.25, 0.3) is 0 Å². The van der Waals surface area contributed by atoms with Gasteiger partial charge in [0, 0.05) is 9.89 Å². The summed E-state index contributed by atoms with van der Waals surface area (Å²) >= 11 is 3.56. The summed E-state index contributed by atoms with van der Waals surface area (Å²) in [5.74, 6) is -0.305. The minimum absolute atomic E-state index is 0.139. The molecule has 1 aromatic carbocycles. The Bertz CT molecular complexity index is 422. The molecule has 0 atom stereocenters. The first-order valence-corrected chi connectivity index (χ1v) is 6.55.